The second kappa shape index (κ2) is 7.26. The Bertz CT molecular complexity index is 503. The van der Waals surface area contributed by atoms with E-state index in [1.165, 1.54) is 19.3 Å². The van der Waals surface area contributed by atoms with Crippen molar-refractivity contribution in [1.29, 1.82) is 0 Å². The second-order valence-corrected chi connectivity index (χ2v) is 8.85. The molecular weight excluding hydrogens is 314 g/mol. The number of likely N-dealkylation sites (tertiary alicyclic amines) is 2. The van der Waals surface area contributed by atoms with E-state index in [0.717, 1.165) is 58.2 Å². The first kappa shape index (κ1) is 17.3. The number of fused-ring (bicyclic) bond motifs is 2. The van der Waals surface area contributed by atoms with E-state index in [0.29, 0.717) is 30.3 Å². The second-order valence-electron chi connectivity index (χ2n) is 8.85. The Kier molecular flexibility index (Phi) is 5.03. The van der Waals surface area contributed by atoms with E-state index in [-0.39, 0.29) is 17.7 Å². The van der Waals surface area contributed by atoms with Crippen LogP contribution in [0.15, 0.2) is 0 Å². The lowest BCUT2D eigenvalue weighted by molar-refractivity contribution is -0.144. The average Bonchev–Trinajstić information content (AvgIpc) is 3.15. The molecule has 0 spiro atoms. The van der Waals surface area contributed by atoms with Crippen LogP contribution < -0.4 is 5.73 Å². The predicted octanol–water partition coefficient (Wildman–Crippen LogP) is 2.00. The van der Waals surface area contributed by atoms with Gasteiger partial charge in [-0.25, -0.2) is 0 Å². The molecule has 4 fully saturated rings. The number of nitrogens with two attached hydrogens (primary N) is 1. The van der Waals surface area contributed by atoms with Gasteiger partial charge in [0.15, 0.2) is 0 Å². The molecule has 140 valence electrons. The third-order valence-corrected chi connectivity index (χ3v) is 7.26. The zero-order valence-corrected chi connectivity index (χ0v) is 15.4. The fourth-order valence-electron chi connectivity index (χ4n) is 5.82. The first-order valence-electron chi connectivity index (χ1n) is 10.5. The maximum absolute atomic E-state index is 13.1. The van der Waals surface area contributed by atoms with Crippen molar-refractivity contribution < 1.29 is 9.59 Å². The maximum atomic E-state index is 13.1. The SMILES string of the molecule is NC1C2CCCC1CC(C(=O)N1CCCC(C(=O)N3CCCC3)C1)C2. The smallest absolute Gasteiger partial charge is 0.227 e. The summed E-state index contributed by atoms with van der Waals surface area (Å²) in [6.45, 7) is 3.30. The van der Waals surface area contributed by atoms with Crippen molar-refractivity contribution in [3.63, 3.8) is 0 Å². The molecule has 2 heterocycles. The van der Waals surface area contributed by atoms with E-state index in [1.54, 1.807) is 0 Å². The molecule has 2 amide bonds. The highest BCUT2D eigenvalue weighted by Crippen LogP contribution is 2.42. The molecule has 5 heteroatoms. The first-order valence-corrected chi connectivity index (χ1v) is 10.5. The zero-order valence-electron chi connectivity index (χ0n) is 15.4. The lowest BCUT2D eigenvalue weighted by Gasteiger charge is -2.45. The van der Waals surface area contributed by atoms with Gasteiger partial charge >= 0.3 is 0 Å². The fourth-order valence-corrected chi connectivity index (χ4v) is 5.82. The molecule has 25 heavy (non-hydrogen) atoms. The molecule has 2 saturated heterocycles. The van der Waals surface area contributed by atoms with E-state index in [2.05, 4.69) is 0 Å². The lowest BCUT2D eigenvalue weighted by Crippen LogP contribution is -2.52. The maximum Gasteiger partial charge on any atom is 0.227 e. The van der Waals surface area contributed by atoms with Crippen LogP contribution >= 0.6 is 0 Å². The minimum atomic E-state index is 0.0288. The first-order chi connectivity index (χ1) is 12.1. The van der Waals surface area contributed by atoms with Crippen molar-refractivity contribution in [3.8, 4) is 0 Å². The molecule has 0 radical (unpaired) electrons. The van der Waals surface area contributed by atoms with Gasteiger partial charge in [-0.15, -0.1) is 0 Å². The third kappa shape index (κ3) is 3.44. The van der Waals surface area contributed by atoms with Gasteiger partial charge in [0.1, 0.15) is 0 Å². The van der Waals surface area contributed by atoms with Crippen LogP contribution in [0.1, 0.15) is 57.8 Å². The highest BCUT2D eigenvalue weighted by Gasteiger charge is 2.42. The Labute approximate surface area is 151 Å². The van der Waals surface area contributed by atoms with Crippen molar-refractivity contribution in [1.82, 2.24) is 9.80 Å². The van der Waals surface area contributed by atoms with Crippen molar-refractivity contribution in [2.75, 3.05) is 26.2 Å². The van der Waals surface area contributed by atoms with Crippen molar-refractivity contribution in [2.45, 2.75) is 63.8 Å². The molecular formula is C20H33N3O2. The molecule has 2 aliphatic carbocycles. The molecule has 2 bridgehead atoms. The van der Waals surface area contributed by atoms with E-state index in [1.807, 2.05) is 9.80 Å². The van der Waals surface area contributed by atoms with Crippen molar-refractivity contribution in [3.05, 3.63) is 0 Å². The minimum Gasteiger partial charge on any atom is -0.342 e. The van der Waals surface area contributed by atoms with Crippen LogP contribution in [-0.4, -0.2) is 53.8 Å². The van der Waals surface area contributed by atoms with Crippen LogP contribution in [0.4, 0.5) is 0 Å². The van der Waals surface area contributed by atoms with Crippen LogP contribution in [0.25, 0.3) is 0 Å². The fraction of sp³-hybridized carbons (Fsp3) is 0.900. The number of piperidine rings is 1. The zero-order chi connectivity index (χ0) is 17.4. The molecule has 5 nitrogen and oxygen atoms in total. The molecule has 4 rings (SSSR count). The number of carbonyl (C=O) groups excluding carboxylic acids is 2. The largest absolute Gasteiger partial charge is 0.342 e. The molecule has 2 saturated carbocycles. The lowest BCUT2D eigenvalue weighted by atomic mass is 9.65. The third-order valence-electron chi connectivity index (χ3n) is 7.26. The molecule has 3 unspecified atom stereocenters. The number of amides is 2. The summed E-state index contributed by atoms with van der Waals surface area (Å²) in [5.74, 6) is 1.85. The Morgan fingerprint density at radius 3 is 2.00 bits per heavy atom. The highest BCUT2D eigenvalue weighted by molar-refractivity contribution is 5.82. The van der Waals surface area contributed by atoms with Gasteiger partial charge in [-0.1, -0.05) is 6.42 Å². The van der Waals surface area contributed by atoms with Gasteiger partial charge in [0.05, 0.1) is 5.92 Å². The quantitative estimate of drug-likeness (QED) is 0.831. The van der Waals surface area contributed by atoms with Crippen LogP contribution in [-0.2, 0) is 9.59 Å². The van der Waals surface area contributed by atoms with E-state index < -0.39 is 0 Å². The van der Waals surface area contributed by atoms with E-state index >= 15 is 0 Å². The van der Waals surface area contributed by atoms with Gasteiger partial charge in [0, 0.05) is 38.1 Å². The topological polar surface area (TPSA) is 66.6 Å². The summed E-state index contributed by atoms with van der Waals surface area (Å²) in [5.41, 5.74) is 6.38. The number of nitrogens with zero attached hydrogens (tertiary/aromatic N) is 2. The van der Waals surface area contributed by atoms with Crippen molar-refractivity contribution in [2.24, 2.45) is 29.4 Å². The Balaban J connectivity index is 1.37. The monoisotopic (exact) mass is 347 g/mol. The Morgan fingerprint density at radius 1 is 0.720 bits per heavy atom. The summed E-state index contributed by atoms with van der Waals surface area (Å²) in [5, 5.41) is 0. The predicted molar refractivity (Wildman–Crippen MR) is 96.6 cm³/mol. The number of hydrogen-bond donors (Lipinski definition) is 1. The number of hydrogen-bond acceptors (Lipinski definition) is 3. The molecule has 4 aliphatic rings. The van der Waals surface area contributed by atoms with E-state index in [9.17, 15) is 9.59 Å². The standard InChI is InChI=1S/C20H33N3O2/c21-18-14-5-3-6-15(18)12-17(11-14)20(25)23-10-4-7-16(13-23)19(24)22-8-1-2-9-22/h14-18H,1-13,21H2. The molecule has 0 aromatic heterocycles. The van der Waals surface area contributed by atoms with Crippen LogP contribution in [0.2, 0.25) is 0 Å². The minimum absolute atomic E-state index is 0.0288. The number of carbonyl (C=O) groups is 2. The Morgan fingerprint density at radius 2 is 1.32 bits per heavy atom. The van der Waals surface area contributed by atoms with Crippen molar-refractivity contribution >= 4 is 11.8 Å². The normalized spacial score (nSPS) is 38.7. The van der Waals surface area contributed by atoms with Gasteiger partial charge in [-0.05, 0) is 63.2 Å². The van der Waals surface area contributed by atoms with Gasteiger partial charge in [-0.3, -0.25) is 9.59 Å². The molecule has 0 aromatic rings. The highest BCUT2D eigenvalue weighted by atomic mass is 16.2. The summed E-state index contributed by atoms with van der Waals surface area (Å²) >= 11 is 0. The molecule has 2 N–H and O–H groups in total. The van der Waals surface area contributed by atoms with Crippen LogP contribution in [0.3, 0.4) is 0 Å². The summed E-state index contributed by atoms with van der Waals surface area (Å²) in [6, 6.07) is 0.309. The molecule has 2 aliphatic heterocycles. The van der Waals surface area contributed by atoms with Crippen LogP contribution in [0, 0.1) is 23.7 Å². The summed E-state index contributed by atoms with van der Waals surface area (Å²) in [7, 11) is 0. The Hall–Kier alpha value is -1.10. The van der Waals surface area contributed by atoms with Gasteiger partial charge in [-0.2, -0.15) is 0 Å². The summed E-state index contributed by atoms with van der Waals surface area (Å²) < 4.78 is 0. The summed E-state index contributed by atoms with van der Waals surface area (Å²) in [4.78, 5) is 29.9. The molecule has 3 atom stereocenters. The average molecular weight is 348 g/mol. The van der Waals surface area contributed by atoms with Gasteiger partial charge < -0.3 is 15.5 Å². The van der Waals surface area contributed by atoms with Gasteiger partial charge in [0.2, 0.25) is 11.8 Å². The molecule has 0 aromatic carbocycles. The number of rotatable bonds is 2. The van der Waals surface area contributed by atoms with E-state index in [4.69, 9.17) is 5.73 Å². The van der Waals surface area contributed by atoms with Crippen LogP contribution in [0.5, 0.6) is 0 Å². The van der Waals surface area contributed by atoms with Gasteiger partial charge in [0.25, 0.3) is 0 Å². The summed E-state index contributed by atoms with van der Waals surface area (Å²) in [6.07, 6.45) is 9.78.